The van der Waals surface area contributed by atoms with Crippen LogP contribution in [0.25, 0.3) is 11.4 Å². The molecule has 24 heavy (non-hydrogen) atoms. The van der Waals surface area contributed by atoms with E-state index in [2.05, 4.69) is 15.4 Å². The topological polar surface area (TPSA) is 73.1 Å². The molecule has 1 amide bonds. The molecule has 0 saturated carbocycles. The second-order valence-corrected chi connectivity index (χ2v) is 5.52. The molecule has 0 radical (unpaired) electrons. The van der Waals surface area contributed by atoms with Crippen LogP contribution in [0.1, 0.15) is 5.56 Å². The summed E-state index contributed by atoms with van der Waals surface area (Å²) in [6.07, 6.45) is 0. The third kappa shape index (κ3) is 3.40. The van der Waals surface area contributed by atoms with Gasteiger partial charge >= 0.3 is 6.03 Å². The highest BCUT2D eigenvalue weighted by Gasteiger charge is 2.13. The lowest BCUT2D eigenvalue weighted by Gasteiger charge is -2.07. The number of hydrogen-bond acceptors (Lipinski definition) is 5. The monoisotopic (exact) mass is 323 g/mol. The van der Waals surface area contributed by atoms with Gasteiger partial charge in [-0.15, -0.1) is 10.2 Å². The fourth-order valence-corrected chi connectivity index (χ4v) is 2.00. The number of benzene rings is 2. The van der Waals surface area contributed by atoms with Gasteiger partial charge in [0, 0.05) is 19.7 Å². The summed E-state index contributed by atoms with van der Waals surface area (Å²) in [6.45, 7) is 2.03. The van der Waals surface area contributed by atoms with Crippen molar-refractivity contribution >= 4 is 6.03 Å². The minimum atomic E-state index is -0.354. The van der Waals surface area contributed by atoms with Crippen LogP contribution in [0.15, 0.2) is 48.5 Å². The number of aryl methyl sites for hydroxylation is 1. The third-order valence-corrected chi connectivity index (χ3v) is 3.34. The molecule has 122 valence electrons. The maximum absolute atomic E-state index is 11.8. The fourth-order valence-electron chi connectivity index (χ4n) is 2.00. The molecule has 2 aromatic carbocycles. The highest BCUT2D eigenvalue weighted by atomic mass is 16.5. The molecule has 7 heteroatoms. The average Bonchev–Trinajstić information content (AvgIpc) is 3.07. The van der Waals surface area contributed by atoms with Crippen LogP contribution in [0, 0.1) is 6.92 Å². The number of amides is 1. The number of nitrogens with zero attached hydrogens (tertiary/aromatic N) is 5. The first kappa shape index (κ1) is 15.7. The van der Waals surface area contributed by atoms with Crippen molar-refractivity contribution in [1.82, 2.24) is 25.1 Å². The highest BCUT2D eigenvalue weighted by molar-refractivity contribution is 5.74. The van der Waals surface area contributed by atoms with E-state index < -0.39 is 0 Å². The Balaban J connectivity index is 1.75. The Kier molecular flexibility index (Phi) is 4.24. The van der Waals surface area contributed by atoms with Gasteiger partial charge < -0.3 is 9.64 Å². The fraction of sp³-hybridized carbons (Fsp3) is 0.176. The van der Waals surface area contributed by atoms with E-state index in [0.717, 1.165) is 16.1 Å². The zero-order chi connectivity index (χ0) is 17.1. The smallest absolute Gasteiger partial charge is 0.362 e. The summed E-state index contributed by atoms with van der Waals surface area (Å²) in [5.74, 6) is 1.86. The number of aromatic nitrogens is 4. The molecule has 0 aliphatic rings. The summed E-state index contributed by atoms with van der Waals surface area (Å²) in [5.41, 5.74) is 1.93. The van der Waals surface area contributed by atoms with Gasteiger partial charge in [-0.2, -0.15) is 0 Å². The lowest BCUT2D eigenvalue weighted by Crippen LogP contribution is -2.29. The molecule has 0 unspecified atom stereocenters. The third-order valence-electron chi connectivity index (χ3n) is 3.34. The van der Waals surface area contributed by atoms with E-state index in [-0.39, 0.29) is 6.03 Å². The standard InChI is InChI=1S/C17H17N5O2/c1-12-4-8-14(9-5-12)24-15-10-6-13(7-11-15)16-18-20-22(19-16)17(23)21(2)3/h4-11H,1-3H3. The summed E-state index contributed by atoms with van der Waals surface area (Å²) >= 11 is 0. The van der Waals surface area contributed by atoms with Gasteiger partial charge in [0.1, 0.15) is 11.5 Å². The summed E-state index contributed by atoms with van der Waals surface area (Å²) in [7, 11) is 3.26. The lowest BCUT2D eigenvalue weighted by molar-refractivity contribution is 0.211. The molecule has 7 nitrogen and oxygen atoms in total. The average molecular weight is 323 g/mol. The van der Waals surface area contributed by atoms with E-state index in [0.29, 0.717) is 11.6 Å². The Hall–Kier alpha value is -3.22. The van der Waals surface area contributed by atoms with Crippen molar-refractivity contribution in [2.24, 2.45) is 0 Å². The van der Waals surface area contributed by atoms with Gasteiger partial charge in [-0.05, 0) is 48.5 Å². The number of carbonyl (C=O) groups excluding carboxylic acids is 1. The number of hydrogen-bond donors (Lipinski definition) is 0. The maximum Gasteiger partial charge on any atom is 0.362 e. The molecule has 0 spiro atoms. The summed E-state index contributed by atoms with van der Waals surface area (Å²) in [5, 5.41) is 11.8. The minimum absolute atomic E-state index is 0.354. The predicted molar refractivity (Wildman–Crippen MR) is 89.0 cm³/mol. The first-order chi connectivity index (χ1) is 11.5. The Morgan fingerprint density at radius 1 is 1.00 bits per heavy atom. The number of tetrazole rings is 1. The van der Waals surface area contributed by atoms with Crippen LogP contribution >= 0.6 is 0 Å². The van der Waals surface area contributed by atoms with Crippen LogP contribution in [0.5, 0.6) is 11.5 Å². The maximum atomic E-state index is 11.8. The second-order valence-electron chi connectivity index (χ2n) is 5.52. The molecule has 3 rings (SSSR count). The minimum Gasteiger partial charge on any atom is -0.457 e. The molecule has 0 atom stereocenters. The van der Waals surface area contributed by atoms with Crippen LogP contribution in [0.3, 0.4) is 0 Å². The van der Waals surface area contributed by atoms with Crippen molar-refractivity contribution < 1.29 is 9.53 Å². The molecular weight excluding hydrogens is 306 g/mol. The van der Waals surface area contributed by atoms with Crippen LogP contribution in [-0.4, -0.2) is 45.2 Å². The van der Waals surface area contributed by atoms with Gasteiger partial charge in [0.25, 0.3) is 0 Å². The molecular formula is C17H17N5O2. The normalized spacial score (nSPS) is 10.5. The lowest BCUT2D eigenvalue weighted by atomic mass is 10.2. The first-order valence-corrected chi connectivity index (χ1v) is 7.39. The first-order valence-electron chi connectivity index (χ1n) is 7.39. The van der Waals surface area contributed by atoms with Crippen molar-refractivity contribution in [3.63, 3.8) is 0 Å². The Morgan fingerprint density at radius 3 is 2.17 bits per heavy atom. The molecule has 1 aromatic heterocycles. The van der Waals surface area contributed by atoms with Gasteiger partial charge in [-0.3, -0.25) is 0 Å². The number of carbonyl (C=O) groups is 1. The van der Waals surface area contributed by atoms with Gasteiger partial charge in [-0.25, -0.2) is 4.79 Å². The molecule has 1 heterocycles. The molecule has 3 aromatic rings. The largest absolute Gasteiger partial charge is 0.457 e. The van der Waals surface area contributed by atoms with E-state index in [9.17, 15) is 4.79 Å². The van der Waals surface area contributed by atoms with E-state index in [1.165, 1.54) is 10.5 Å². The van der Waals surface area contributed by atoms with E-state index in [1.807, 2.05) is 55.5 Å². The molecule has 0 aliphatic carbocycles. The second kappa shape index (κ2) is 6.49. The Morgan fingerprint density at radius 2 is 1.58 bits per heavy atom. The molecule has 0 saturated heterocycles. The van der Waals surface area contributed by atoms with Crippen LogP contribution in [0.4, 0.5) is 4.79 Å². The quantitative estimate of drug-likeness (QED) is 0.741. The summed E-state index contributed by atoms with van der Waals surface area (Å²) in [4.78, 5) is 14.1. The zero-order valence-corrected chi connectivity index (χ0v) is 13.7. The zero-order valence-electron chi connectivity index (χ0n) is 13.7. The van der Waals surface area contributed by atoms with Gasteiger partial charge in [-0.1, -0.05) is 22.5 Å². The van der Waals surface area contributed by atoms with Crippen LogP contribution in [-0.2, 0) is 0 Å². The number of ether oxygens (including phenoxy) is 1. The SMILES string of the molecule is Cc1ccc(Oc2ccc(-c3nnn(C(=O)N(C)C)n3)cc2)cc1. The Bertz CT molecular complexity index is 838. The molecule has 0 N–H and O–H groups in total. The van der Waals surface area contributed by atoms with Gasteiger partial charge in [0.15, 0.2) is 0 Å². The Labute approximate surface area is 139 Å². The predicted octanol–water partition coefficient (Wildman–Crippen LogP) is 2.97. The molecule has 0 fully saturated rings. The summed E-state index contributed by atoms with van der Waals surface area (Å²) in [6, 6.07) is 14.8. The van der Waals surface area contributed by atoms with Crippen molar-refractivity contribution in [1.29, 1.82) is 0 Å². The van der Waals surface area contributed by atoms with Crippen molar-refractivity contribution in [3.05, 3.63) is 54.1 Å². The van der Waals surface area contributed by atoms with Crippen molar-refractivity contribution in [2.75, 3.05) is 14.1 Å². The molecule has 0 aliphatic heterocycles. The van der Waals surface area contributed by atoms with Crippen molar-refractivity contribution in [3.8, 4) is 22.9 Å². The van der Waals surface area contributed by atoms with E-state index in [4.69, 9.17) is 4.74 Å². The highest BCUT2D eigenvalue weighted by Crippen LogP contribution is 2.24. The van der Waals surface area contributed by atoms with Gasteiger partial charge in [0.05, 0.1) is 0 Å². The van der Waals surface area contributed by atoms with Crippen molar-refractivity contribution in [2.45, 2.75) is 6.92 Å². The summed E-state index contributed by atoms with van der Waals surface area (Å²) < 4.78 is 5.78. The molecule has 0 bridgehead atoms. The number of rotatable bonds is 3. The van der Waals surface area contributed by atoms with Gasteiger partial charge in [0.2, 0.25) is 5.82 Å². The van der Waals surface area contributed by atoms with Crippen LogP contribution in [0.2, 0.25) is 0 Å². The van der Waals surface area contributed by atoms with E-state index in [1.54, 1.807) is 14.1 Å². The van der Waals surface area contributed by atoms with Crippen LogP contribution < -0.4 is 4.74 Å². The van der Waals surface area contributed by atoms with E-state index >= 15 is 0 Å².